The molecular formula is C30H39N7O5. The normalized spacial score (nSPS) is 28.0. The van der Waals surface area contributed by atoms with Crippen LogP contribution in [0.15, 0.2) is 30.3 Å². The number of fused-ring (bicyclic) bond motifs is 2. The van der Waals surface area contributed by atoms with Gasteiger partial charge in [-0.15, -0.1) is 0 Å². The van der Waals surface area contributed by atoms with Crippen LogP contribution in [0, 0.1) is 17.2 Å². The van der Waals surface area contributed by atoms with Crippen molar-refractivity contribution in [2.75, 3.05) is 32.6 Å². The van der Waals surface area contributed by atoms with Gasteiger partial charge in [-0.3, -0.25) is 9.59 Å². The minimum absolute atomic E-state index is 0.0662. The van der Waals surface area contributed by atoms with Gasteiger partial charge in [0, 0.05) is 37.8 Å². The molecule has 3 fully saturated rings. The fourth-order valence-corrected chi connectivity index (χ4v) is 6.08. The molecule has 42 heavy (non-hydrogen) atoms. The second-order valence-corrected chi connectivity index (χ2v) is 12.5. The van der Waals surface area contributed by atoms with E-state index in [9.17, 15) is 19.6 Å². The zero-order valence-electron chi connectivity index (χ0n) is 24.8. The Morgan fingerprint density at radius 1 is 1.26 bits per heavy atom. The number of esters is 1. The third-order valence-electron chi connectivity index (χ3n) is 8.08. The summed E-state index contributed by atoms with van der Waals surface area (Å²) in [6.07, 6.45) is 0.673. The number of nitrogens with one attached hydrogen (secondary N) is 3. The number of nitriles is 1. The molecule has 224 valence electrons. The summed E-state index contributed by atoms with van der Waals surface area (Å²) in [6.45, 7) is 6.14. The second kappa shape index (κ2) is 11.5. The van der Waals surface area contributed by atoms with Gasteiger partial charge in [0.25, 0.3) is 5.91 Å². The molecule has 5 atom stereocenters. The lowest BCUT2D eigenvalue weighted by molar-refractivity contribution is -0.180. The van der Waals surface area contributed by atoms with E-state index in [1.165, 1.54) is 4.90 Å². The monoisotopic (exact) mass is 577 g/mol. The predicted octanol–water partition coefficient (Wildman–Crippen LogP) is 2.17. The molecule has 2 amide bonds. The largest absolute Gasteiger partial charge is 0.458 e. The number of aromatic nitrogens is 1. The number of hydrazine groups is 1. The molecule has 12 heteroatoms. The Hall–Kier alpha value is -3.79. The number of ether oxygens (including phenoxy) is 2. The average molecular weight is 578 g/mol. The highest BCUT2D eigenvalue weighted by atomic mass is 16.6. The summed E-state index contributed by atoms with van der Waals surface area (Å²) < 4.78 is 11.6. The highest BCUT2D eigenvalue weighted by molar-refractivity contribution is 5.95. The Balaban J connectivity index is 1.36. The lowest BCUT2D eigenvalue weighted by Crippen LogP contribution is -2.63. The minimum Gasteiger partial charge on any atom is -0.458 e. The molecule has 1 aromatic carbocycles. The summed E-state index contributed by atoms with van der Waals surface area (Å²) >= 11 is 0. The van der Waals surface area contributed by atoms with Crippen LogP contribution in [-0.4, -0.2) is 89.4 Å². The maximum Gasteiger partial charge on any atom is 0.335 e. The van der Waals surface area contributed by atoms with Crippen LogP contribution in [0.25, 0.3) is 10.9 Å². The zero-order valence-corrected chi connectivity index (χ0v) is 24.8. The fourth-order valence-electron chi connectivity index (χ4n) is 6.08. The number of benzene rings is 1. The van der Waals surface area contributed by atoms with Crippen LogP contribution in [0.5, 0.6) is 0 Å². The van der Waals surface area contributed by atoms with E-state index >= 15 is 0 Å². The number of carbonyl (C=O) groups is 3. The van der Waals surface area contributed by atoms with Crippen molar-refractivity contribution >= 4 is 34.4 Å². The van der Waals surface area contributed by atoms with E-state index < -0.39 is 35.3 Å². The van der Waals surface area contributed by atoms with Crippen molar-refractivity contribution in [3.05, 3.63) is 36.0 Å². The average Bonchev–Trinajstić information content (AvgIpc) is 3.32. The number of carbonyl (C=O) groups excluding carboxylic acids is 3. The number of hydrogen-bond acceptors (Lipinski definition) is 10. The van der Waals surface area contributed by atoms with E-state index in [2.05, 4.69) is 27.1 Å². The van der Waals surface area contributed by atoms with Crippen molar-refractivity contribution in [1.29, 1.82) is 5.26 Å². The number of anilines is 1. The molecule has 0 spiro atoms. The Labute approximate surface area is 245 Å². The lowest BCUT2D eigenvalue weighted by Gasteiger charge is -2.47. The van der Waals surface area contributed by atoms with Crippen LogP contribution >= 0.6 is 0 Å². The van der Waals surface area contributed by atoms with Crippen molar-refractivity contribution in [3.8, 4) is 6.07 Å². The molecule has 1 aromatic heterocycles. The third-order valence-corrected chi connectivity index (χ3v) is 8.08. The summed E-state index contributed by atoms with van der Waals surface area (Å²) in [4.78, 5) is 44.2. The van der Waals surface area contributed by atoms with E-state index in [0.29, 0.717) is 37.0 Å². The van der Waals surface area contributed by atoms with Gasteiger partial charge >= 0.3 is 5.97 Å². The lowest BCUT2D eigenvalue weighted by atomic mass is 9.83. The quantitative estimate of drug-likeness (QED) is 0.436. The summed E-state index contributed by atoms with van der Waals surface area (Å²) in [5, 5.41) is 19.2. The smallest absolute Gasteiger partial charge is 0.335 e. The summed E-state index contributed by atoms with van der Waals surface area (Å²) in [5.41, 5.74) is 4.03. The van der Waals surface area contributed by atoms with Gasteiger partial charge in [-0.2, -0.15) is 5.26 Å². The predicted molar refractivity (Wildman–Crippen MR) is 155 cm³/mol. The molecule has 0 radical (unpaired) electrons. The molecule has 5 rings (SSSR count). The van der Waals surface area contributed by atoms with Crippen molar-refractivity contribution in [3.63, 3.8) is 0 Å². The van der Waals surface area contributed by atoms with Gasteiger partial charge in [-0.1, -0.05) is 6.07 Å². The molecule has 3 saturated heterocycles. The van der Waals surface area contributed by atoms with E-state index in [0.717, 1.165) is 11.1 Å². The molecule has 12 nitrogen and oxygen atoms in total. The first kappa shape index (κ1) is 29.7. The Kier molecular flexibility index (Phi) is 8.11. The van der Waals surface area contributed by atoms with Gasteiger partial charge in [0.2, 0.25) is 5.91 Å². The second-order valence-electron chi connectivity index (χ2n) is 12.5. The first-order valence-corrected chi connectivity index (χ1v) is 14.3. The molecule has 2 aromatic rings. The summed E-state index contributed by atoms with van der Waals surface area (Å²) in [5.74, 6) is -1.06. The Morgan fingerprint density at radius 3 is 2.71 bits per heavy atom. The van der Waals surface area contributed by atoms with Crippen molar-refractivity contribution in [1.82, 2.24) is 25.6 Å². The van der Waals surface area contributed by atoms with E-state index in [1.54, 1.807) is 20.2 Å². The van der Waals surface area contributed by atoms with Crippen LogP contribution in [0.4, 0.5) is 5.69 Å². The maximum atomic E-state index is 13.2. The summed E-state index contributed by atoms with van der Waals surface area (Å²) in [6, 6.07) is 11.4. The van der Waals surface area contributed by atoms with Crippen LogP contribution in [0.2, 0.25) is 0 Å². The highest BCUT2D eigenvalue weighted by Gasteiger charge is 2.56. The molecule has 0 bridgehead atoms. The van der Waals surface area contributed by atoms with Gasteiger partial charge in [-0.05, 0) is 64.3 Å². The first-order chi connectivity index (χ1) is 19.9. The van der Waals surface area contributed by atoms with Crippen LogP contribution < -0.4 is 16.1 Å². The van der Waals surface area contributed by atoms with Gasteiger partial charge in [0.05, 0.1) is 36.1 Å². The van der Waals surface area contributed by atoms with Gasteiger partial charge in [0.15, 0.2) is 6.10 Å². The number of nitrogens with zero attached hydrogens (tertiary/aromatic N) is 4. The third kappa shape index (κ3) is 5.90. The van der Waals surface area contributed by atoms with Gasteiger partial charge < -0.3 is 25.0 Å². The number of pyridine rings is 1. The molecule has 3 aliphatic heterocycles. The fraction of sp³-hybridized carbons (Fsp3) is 0.567. The van der Waals surface area contributed by atoms with E-state index in [1.807, 2.05) is 50.0 Å². The topological polar surface area (TPSA) is 149 Å². The molecule has 0 aliphatic carbocycles. The molecular weight excluding hydrogens is 538 g/mol. The Morgan fingerprint density at radius 2 is 2.05 bits per heavy atom. The number of hydrogen-bond donors (Lipinski definition) is 3. The van der Waals surface area contributed by atoms with Crippen LogP contribution in [0.3, 0.4) is 0 Å². The number of piperidine rings is 1. The Bertz CT molecular complexity index is 1410. The van der Waals surface area contributed by atoms with Crippen LogP contribution in [0.1, 0.15) is 56.9 Å². The zero-order chi connectivity index (χ0) is 30.2. The SMILES string of the molecule is CN(C)C(=O)c1ccc2cc(NC3NN([C@]4(CC#N)CC[C@@H](C(=O)OC(C)(C)C)OC4)C4CCNC(=O)C34)ccc2n1. The van der Waals surface area contributed by atoms with Crippen molar-refractivity contribution in [2.45, 2.75) is 75.9 Å². The van der Waals surface area contributed by atoms with Gasteiger partial charge in [-0.25, -0.2) is 20.2 Å². The van der Waals surface area contributed by atoms with Crippen molar-refractivity contribution in [2.24, 2.45) is 5.92 Å². The van der Waals surface area contributed by atoms with Crippen LogP contribution in [-0.2, 0) is 19.1 Å². The first-order valence-electron chi connectivity index (χ1n) is 14.3. The standard InChI is InChI=1S/C30H39N7O5/c1-29(2,3)42-28(40)23-10-12-30(13-14-31,17-41-23)37-22-11-15-32-26(38)24(22)25(35-37)33-19-7-9-20-18(16-19)6-8-21(34-20)27(39)36(4)5/h6-9,16,22-25,33,35H,10-13,15,17H2,1-5H3,(H,32,38)/t22?,23-,24?,25?,30-/m0/s1. The summed E-state index contributed by atoms with van der Waals surface area (Å²) in [7, 11) is 3.38. The van der Waals surface area contributed by atoms with Crippen molar-refractivity contribution < 1.29 is 23.9 Å². The maximum absolute atomic E-state index is 13.2. The minimum atomic E-state index is -0.715. The van der Waals surface area contributed by atoms with Gasteiger partial charge in [0.1, 0.15) is 17.5 Å². The highest BCUT2D eigenvalue weighted by Crippen LogP contribution is 2.40. The number of amides is 2. The molecule has 4 heterocycles. The molecule has 3 aliphatic rings. The molecule has 0 saturated carbocycles. The molecule has 3 N–H and O–H groups in total. The molecule has 3 unspecified atom stereocenters. The van der Waals surface area contributed by atoms with E-state index in [-0.39, 0.29) is 30.9 Å². The van der Waals surface area contributed by atoms with E-state index in [4.69, 9.17) is 9.47 Å². The number of rotatable bonds is 6.